The average Bonchev–Trinajstić information content (AvgIpc) is 3.19. The molecule has 1 aromatic heterocycles. The summed E-state index contributed by atoms with van der Waals surface area (Å²) in [6, 6.07) is 12.5. The van der Waals surface area contributed by atoms with E-state index in [2.05, 4.69) is 58.3 Å². The molecule has 1 aliphatic heterocycles. The lowest BCUT2D eigenvalue weighted by Gasteiger charge is -2.27. The van der Waals surface area contributed by atoms with Gasteiger partial charge in [0.25, 0.3) is 0 Å². The summed E-state index contributed by atoms with van der Waals surface area (Å²) >= 11 is 3.63. The minimum Gasteiger partial charge on any atom is -0.356 e. The molecule has 2 N–H and O–H groups in total. The van der Waals surface area contributed by atoms with Gasteiger partial charge in [0.1, 0.15) is 0 Å². The predicted molar refractivity (Wildman–Crippen MR) is 119 cm³/mol. The van der Waals surface area contributed by atoms with Crippen LogP contribution in [0.3, 0.4) is 0 Å². The SMILES string of the molecule is CN=C(NCCC(=O)N1CCc2sccc2C1)NCC(C)Sc1ccccc1. The molecule has 150 valence electrons. The summed E-state index contributed by atoms with van der Waals surface area (Å²) in [5.74, 6) is 0.944. The molecule has 28 heavy (non-hydrogen) atoms. The molecule has 1 unspecified atom stereocenters. The van der Waals surface area contributed by atoms with Gasteiger partial charge in [-0.25, -0.2) is 0 Å². The van der Waals surface area contributed by atoms with E-state index in [-0.39, 0.29) is 5.91 Å². The number of hydrogen-bond acceptors (Lipinski definition) is 4. The summed E-state index contributed by atoms with van der Waals surface area (Å²) in [7, 11) is 1.76. The van der Waals surface area contributed by atoms with Crippen LogP contribution in [0, 0.1) is 0 Å². The van der Waals surface area contributed by atoms with Crippen molar-refractivity contribution < 1.29 is 4.79 Å². The summed E-state index contributed by atoms with van der Waals surface area (Å²) in [6.07, 6.45) is 1.46. The van der Waals surface area contributed by atoms with Crippen molar-refractivity contribution in [2.24, 2.45) is 4.99 Å². The molecule has 0 radical (unpaired) electrons. The Kier molecular flexibility index (Phi) is 7.80. The van der Waals surface area contributed by atoms with Crippen molar-refractivity contribution in [3.05, 3.63) is 52.2 Å². The van der Waals surface area contributed by atoms with Crippen molar-refractivity contribution in [3.63, 3.8) is 0 Å². The van der Waals surface area contributed by atoms with E-state index >= 15 is 0 Å². The summed E-state index contributed by atoms with van der Waals surface area (Å²) in [5, 5.41) is 9.13. The number of thioether (sulfide) groups is 1. The van der Waals surface area contributed by atoms with Crippen LogP contribution in [0.5, 0.6) is 0 Å². The number of amides is 1. The highest BCUT2D eigenvalue weighted by atomic mass is 32.2. The van der Waals surface area contributed by atoms with E-state index in [1.54, 1.807) is 18.4 Å². The topological polar surface area (TPSA) is 56.7 Å². The van der Waals surface area contributed by atoms with Crippen LogP contribution in [0.1, 0.15) is 23.8 Å². The van der Waals surface area contributed by atoms with E-state index < -0.39 is 0 Å². The maximum atomic E-state index is 12.5. The fourth-order valence-corrected chi connectivity index (χ4v) is 4.98. The number of carbonyl (C=O) groups is 1. The average molecular weight is 417 g/mol. The summed E-state index contributed by atoms with van der Waals surface area (Å²) in [6.45, 7) is 5.16. The van der Waals surface area contributed by atoms with Crippen molar-refractivity contribution in [1.82, 2.24) is 15.5 Å². The molecular weight excluding hydrogens is 388 g/mol. The van der Waals surface area contributed by atoms with Crippen LogP contribution >= 0.6 is 23.1 Å². The molecule has 0 aliphatic carbocycles. The fraction of sp³-hybridized carbons (Fsp3) is 0.429. The van der Waals surface area contributed by atoms with Gasteiger partial charge < -0.3 is 15.5 Å². The van der Waals surface area contributed by atoms with Crippen LogP contribution in [0.15, 0.2) is 51.7 Å². The second kappa shape index (κ2) is 10.5. The van der Waals surface area contributed by atoms with Gasteiger partial charge >= 0.3 is 0 Å². The normalized spacial score (nSPS) is 15.1. The Bertz CT molecular complexity index is 791. The molecule has 0 saturated heterocycles. The number of guanidine groups is 1. The zero-order valence-corrected chi connectivity index (χ0v) is 18.1. The second-order valence-electron chi connectivity index (χ2n) is 6.81. The first-order valence-corrected chi connectivity index (χ1v) is 11.4. The maximum Gasteiger partial charge on any atom is 0.224 e. The molecule has 0 spiro atoms. The zero-order chi connectivity index (χ0) is 19.8. The third-order valence-electron chi connectivity index (χ3n) is 4.65. The first-order valence-electron chi connectivity index (χ1n) is 9.65. The molecule has 1 aromatic carbocycles. The van der Waals surface area contributed by atoms with E-state index in [9.17, 15) is 4.79 Å². The van der Waals surface area contributed by atoms with Crippen molar-refractivity contribution in [2.45, 2.75) is 36.5 Å². The zero-order valence-electron chi connectivity index (χ0n) is 16.5. The number of thiophene rings is 1. The molecule has 0 saturated carbocycles. The van der Waals surface area contributed by atoms with E-state index in [1.165, 1.54) is 15.3 Å². The minimum atomic E-state index is 0.202. The number of nitrogens with one attached hydrogen (secondary N) is 2. The third-order valence-corrected chi connectivity index (χ3v) is 6.79. The molecule has 3 rings (SSSR count). The van der Waals surface area contributed by atoms with Crippen LogP contribution in [-0.2, 0) is 17.8 Å². The van der Waals surface area contributed by atoms with E-state index in [1.807, 2.05) is 22.7 Å². The Morgan fingerprint density at radius 1 is 1.29 bits per heavy atom. The first-order chi connectivity index (χ1) is 13.7. The molecule has 5 nitrogen and oxygen atoms in total. The predicted octanol–water partition coefficient (Wildman–Crippen LogP) is 3.37. The van der Waals surface area contributed by atoms with Gasteiger partial charge in [0.2, 0.25) is 5.91 Å². The molecule has 0 fully saturated rings. The van der Waals surface area contributed by atoms with Crippen LogP contribution in [-0.4, -0.2) is 48.7 Å². The Morgan fingerprint density at radius 3 is 2.89 bits per heavy atom. The molecule has 1 amide bonds. The summed E-state index contributed by atoms with van der Waals surface area (Å²) in [5.41, 5.74) is 1.31. The molecular formula is C21H28N4OS2. The van der Waals surface area contributed by atoms with Crippen LogP contribution in [0.2, 0.25) is 0 Å². The van der Waals surface area contributed by atoms with Crippen LogP contribution < -0.4 is 10.6 Å². The number of carbonyl (C=O) groups excluding carboxylic acids is 1. The van der Waals surface area contributed by atoms with Gasteiger partial charge in [-0.2, -0.15) is 0 Å². The highest BCUT2D eigenvalue weighted by molar-refractivity contribution is 8.00. The molecule has 2 heterocycles. The van der Waals surface area contributed by atoms with Gasteiger partial charge in [-0.1, -0.05) is 25.1 Å². The van der Waals surface area contributed by atoms with Gasteiger partial charge in [0.15, 0.2) is 5.96 Å². The third kappa shape index (κ3) is 6.01. The van der Waals surface area contributed by atoms with Gasteiger partial charge in [-0.15, -0.1) is 23.1 Å². The smallest absolute Gasteiger partial charge is 0.224 e. The largest absolute Gasteiger partial charge is 0.356 e. The lowest BCUT2D eigenvalue weighted by atomic mass is 10.1. The van der Waals surface area contributed by atoms with Gasteiger partial charge in [0.05, 0.1) is 0 Å². The van der Waals surface area contributed by atoms with E-state index in [0.717, 1.165) is 32.0 Å². The number of aliphatic imine (C=N–C) groups is 1. The first kappa shape index (κ1) is 20.7. The standard InChI is InChI=1S/C21H28N4OS2/c1-16(28-18-6-4-3-5-7-18)14-24-21(22-2)23-11-8-20(26)25-12-9-19-17(15-25)10-13-27-19/h3-7,10,13,16H,8-9,11-12,14-15H2,1-2H3,(H2,22,23,24). The Balaban J connectivity index is 1.35. The van der Waals surface area contributed by atoms with Crippen molar-refractivity contribution in [3.8, 4) is 0 Å². The number of nitrogens with zero attached hydrogens (tertiary/aromatic N) is 2. The quantitative estimate of drug-likeness (QED) is 0.413. The number of benzene rings is 1. The highest BCUT2D eigenvalue weighted by Crippen LogP contribution is 2.24. The molecule has 0 bridgehead atoms. The molecule has 7 heteroatoms. The van der Waals surface area contributed by atoms with Gasteiger partial charge in [-0.3, -0.25) is 9.79 Å². The minimum absolute atomic E-state index is 0.202. The summed E-state index contributed by atoms with van der Waals surface area (Å²) < 4.78 is 0. The van der Waals surface area contributed by atoms with Crippen LogP contribution in [0.25, 0.3) is 0 Å². The monoisotopic (exact) mass is 416 g/mol. The number of fused-ring (bicyclic) bond motifs is 1. The van der Waals surface area contributed by atoms with Gasteiger partial charge in [0, 0.05) is 54.7 Å². The lowest BCUT2D eigenvalue weighted by molar-refractivity contribution is -0.131. The highest BCUT2D eigenvalue weighted by Gasteiger charge is 2.21. The van der Waals surface area contributed by atoms with Gasteiger partial charge in [-0.05, 0) is 35.6 Å². The number of hydrogen-bond donors (Lipinski definition) is 2. The molecule has 1 atom stereocenters. The maximum absolute atomic E-state index is 12.5. The molecule has 1 aliphatic rings. The lowest BCUT2D eigenvalue weighted by Crippen LogP contribution is -2.42. The Hall–Kier alpha value is -1.99. The molecule has 2 aromatic rings. The fourth-order valence-electron chi connectivity index (χ4n) is 3.14. The van der Waals surface area contributed by atoms with Crippen LogP contribution in [0.4, 0.5) is 0 Å². The Labute approximate surface area is 175 Å². The summed E-state index contributed by atoms with van der Waals surface area (Å²) in [4.78, 5) is 21.4. The Morgan fingerprint density at radius 2 is 2.11 bits per heavy atom. The van der Waals surface area contributed by atoms with E-state index in [0.29, 0.717) is 18.2 Å². The second-order valence-corrected chi connectivity index (χ2v) is 9.32. The number of rotatable bonds is 7. The van der Waals surface area contributed by atoms with Crippen molar-refractivity contribution >= 4 is 35.0 Å². The van der Waals surface area contributed by atoms with E-state index in [4.69, 9.17) is 0 Å². The van der Waals surface area contributed by atoms with Crippen molar-refractivity contribution in [1.29, 1.82) is 0 Å². The van der Waals surface area contributed by atoms with Crippen molar-refractivity contribution in [2.75, 3.05) is 26.7 Å².